The van der Waals surface area contributed by atoms with E-state index in [1.165, 1.54) is 12.3 Å². The van der Waals surface area contributed by atoms with Crippen molar-refractivity contribution in [3.05, 3.63) is 28.8 Å². The second-order valence-electron chi connectivity index (χ2n) is 1.64. The van der Waals surface area contributed by atoms with Gasteiger partial charge in [0.1, 0.15) is 5.82 Å². The van der Waals surface area contributed by atoms with E-state index in [1.807, 2.05) is 0 Å². The molecule has 0 saturated carbocycles. The SMILES string of the molecule is [N-]=[N+]=Nc1cc(N)ccn1. The van der Waals surface area contributed by atoms with Gasteiger partial charge in [0.15, 0.2) is 0 Å². The molecule has 0 aliphatic heterocycles. The predicted octanol–water partition coefficient (Wildman–Crippen LogP) is 1.61. The van der Waals surface area contributed by atoms with Crippen molar-refractivity contribution in [1.29, 1.82) is 0 Å². The quantitative estimate of drug-likeness (QED) is 0.360. The summed E-state index contributed by atoms with van der Waals surface area (Å²) in [6.07, 6.45) is 1.49. The molecule has 0 aliphatic carbocycles. The van der Waals surface area contributed by atoms with Gasteiger partial charge in [-0.25, -0.2) is 0 Å². The van der Waals surface area contributed by atoms with Gasteiger partial charge in [-0.2, -0.15) is 0 Å². The van der Waals surface area contributed by atoms with Crippen LogP contribution in [0.1, 0.15) is 0 Å². The van der Waals surface area contributed by atoms with Crippen molar-refractivity contribution in [3.8, 4) is 0 Å². The normalized spacial score (nSPS) is 8.40. The van der Waals surface area contributed by atoms with E-state index in [0.29, 0.717) is 11.5 Å². The van der Waals surface area contributed by atoms with E-state index < -0.39 is 0 Å². The first-order chi connectivity index (χ1) is 4.83. The molecule has 1 aromatic heterocycles. The molecule has 50 valence electrons. The molecule has 0 bridgehead atoms. The molecule has 5 nitrogen and oxygen atoms in total. The Kier molecular flexibility index (Phi) is 1.72. The molecule has 0 saturated heterocycles. The zero-order valence-electron chi connectivity index (χ0n) is 5.10. The molecular weight excluding hydrogens is 130 g/mol. The van der Waals surface area contributed by atoms with Crippen molar-refractivity contribution in [2.75, 3.05) is 5.73 Å². The molecule has 0 radical (unpaired) electrons. The molecule has 0 unspecified atom stereocenters. The minimum absolute atomic E-state index is 0.294. The highest BCUT2D eigenvalue weighted by Crippen LogP contribution is 2.10. The number of nitrogens with zero attached hydrogens (tertiary/aromatic N) is 4. The van der Waals surface area contributed by atoms with Crippen LogP contribution in [0, 0.1) is 0 Å². The van der Waals surface area contributed by atoms with Crippen LogP contribution >= 0.6 is 0 Å². The van der Waals surface area contributed by atoms with Crippen LogP contribution in [0.2, 0.25) is 0 Å². The van der Waals surface area contributed by atoms with Gasteiger partial charge in [-0.15, -0.1) is 0 Å². The summed E-state index contributed by atoms with van der Waals surface area (Å²) in [6, 6.07) is 3.12. The van der Waals surface area contributed by atoms with Crippen molar-refractivity contribution in [1.82, 2.24) is 4.98 Å². The third-order valence-electron chi connectivity index (χ3n) is 0.917. The van der Waals surface area contributed by atoms with Crippen LogP contribution in [0.25, 0.3) is 10.4 Å². The summed E-state index contributed by atoms with van der Waals surface area (Å²) in [6.45, 7) is 0. The Bertz CT molecular complexity index is 275. The first kappa shape index (κ1) is 6.38. The largest absolute Gasteiger partial charge is 0.399 e. The van der Waals surface area contributed by atoms with Crippen molar-refractivity contribution < 1.29 is 0 Å². The van der Waals surface area contributed by atoms with E-state index in [9.17, 15) is 0 Å². The Hall–Kier alpha value is -1.74. The van der Waals surface area contributed by atoms with Crippen LogP contribution in [-0.2, 0) is 0 Å². The van der Waals surface area contributed by atoms with Gasteiger partial charge in [-0.05, 0) is 22.8 Å². The van der Waals surface area contributed by atoms with Gasteiger partial charge in [0.2, 0.25) is 0 Å². The molecule has 5 heteroatoms. The van der Waals surface area contributed by atoms with Crippen molar-refractivity contribution in [3.63, 3.8) is 0 Å². The lowest BCUT2D eigenvalue weighted by atomic mass is 10.4. The van der Waals surface area contributed by atoms with Crippen molar-refractivity contribution in [2.45, 2.75) is 0 Å². The monoisotopic (exact) mass is 135 g/mol. The van der Waals surface area contributed by atoms with Crippen LogP contribution in [0.15, 0.2) is 23.4 Å². The molecular formula is C5H5N5. The van der Waals surface area contributed by atoms with E-state index in [2.05, 4.69) is 15.0 Å². The fourth-order valence-electron chi connectivity index (χ4n) is 0.535. The summed E-state index contributed by atoms with van der Waals surface area (Å²) in [4.78, 5) is 6.28. The van der Waals surface area contributed by atoms with Gasteiger partial charge in [-0.3, -0.25) is 4.98 Å². The van der Waals surface area contributed by atoms with Gasteiger partial charge < -0.3 is 5.73 Å². The summed E-state index contributed by atoms with van der Waals surface area (Å²) in [5.74, 6) is 0.294. The Morgan fingerprint density at radius 2 is 2.50 bits per heavy atom. The maximum absolute atomic E-state index is 7.99. The first-order valence-corrected chi connectivity index (χ1v) is 2.59. The van der Waals surface area contributed by atoms with Crippen LogP contribution in [0.3, 0.4) is 0 Å². The van der Waals surface area contributed by atoms with E-state index >= 15 is 0 Å². The lowest BCUT2D eigenvalue weighted by Gasteiger charge is -1.90. The molecule has 0 spiro atoms. The number of azide groups is 1. The number of aromatic nitrogens is 1. The minimum Gasteiger partial charge on any atom is -0.399 e. The van der Waals surface area contributed by atoms with Gasteiger partial charge in [0, 0.05) is 16.8 Å². The number of nitrogen functional groups attached to an aromatic ring is 1. The van der Waals surface area contributed by atoms with E-state index in [4.69, 9.17) is 11.3 Å². The number of hydrogen-bond donors (Lipinski definition) is 1. The van der Waals surface area contributed by atoms with Crippen molar-refractivity contribution in [2.24, 2.45) is 5.11 Å². The van der Waals surface area contributed by atoms with E-state index in [-0.39, 0.29) is 0 Å². The Balaban J connectivity index is 3.06. The highest BCUT2D eigenvalue weighted by atomic mass is 15.2. The van der Waals surface area contributed by atoms with E-state index in [1.54, 1.807) is 6.07 Å². The smallest absolute Gasteiger partial charge is 0.128 e. The minimum atomic E-state index is 0.294. The fraction of sp³-hybridized carbons (Fsp3) is 0. The predicted molar refractivity (Wildman–Crippen MR) is 37.5 cm³/mol. The molecule has 0 fully saturated rings. The standard InChI is InChI=1S/C5H5N5/c6-4-1-2-8-5(3-4)9-10-7/h1-3H,(H2,6,8). The average Bonchev–Trinajstić information content (AvgIpc) is 1.88. The highest BCUT2D eigenvalue weighted by molar-refractivity contribution is 5.44. The zero-order valence-corrected chi connectivity index (χ0v) is 5.10. The molecule has 10 heavy (non-hydrogen) atoms. The maximum atomic E-state index is 7.99. The van der Waals surface area contributed by atoms with Crippen LogP contribution < -0.4 is 5.73 Å². The topological polar surface area (TPSA) is 87.7 Å². The number of hydrogen-bond acceptors (Lipinski definition) is 3. The molecule has 0 atom stereocenters. The maximum Gasteiger partial charge on any atom is 0.128 e. The number of rotatable bonds is 1. The van der Waals surface area contributed by atoms with Crippen LogP contribution in [0.5, 0.6) is 0 Å². The third-order valence-corrected chi connectivity index (χ3v) is 0.917. The van der Waals surface area contributed by atoms with Crippen molar-refractivity contribution >= 4 is 11.5 Å². The molecule has 0 aliphatic rings. The van der Waals surface area contributed by atoms with Gasteiger partial charge in [0.25, 0.3) is 0 Å². The van der Waals surface area contributed by atoms with E-state index in [0.717, 1.165) is 0 Å². The summed E-state index contributed by atoms with van der Waals surface area (Å²) < 4.78 is 0. The molecule has 1 aromatic rings. The molecule has 1 rings (SSSR count). The van der Waals surface area contributed by atoms with Gasteiger partial charge in [-0.1, -0.05) is 0 Å². The second kappa shape index (κ2) is 2.70. The molecule has 0 aromatic carbocycles. The summed E-state index contributed by atoms with van der Waals surface area (Å²) in [7, 11) is 0. The second-order valence-corrected chi connectivity index (χ2v) is 1.64. The Labute approximate surface area is 57.1 Å². The zero-order chi connectivity index (χ0) is 7.40. The summed E-state index contributed by atoms with van der Waals surface area (Å²) in [5, 5.41) is 3.26. The lowest BCUT2D eigenvalue weighted by Crippen LogP contribution is -1.83. The van der Waals surface area contributed by atoms with Crippen LogP contribution in [-0.4, -0.2) is 4.98 Å². The van der Waals surface area contributed by atoms with Gasteiger partial charge in [0.05, 0.1) is 0 Å². The summed E-state index contributed by atoms with van der Waals surface area (Å²) >= 11 is 0. The lowest BCUT2D eigenvalue weighted by molar-refractivity contribution is 1.26. The number of nitrogens with two attached hydrogens (primary N) is 1. The fourth-order valence-corrected chi connectivity index (χ4v) is 0.535. The molecule has 0 amide bonds. The summed E-state index contributed by atoms with van der Waals surface area (Å²) in [5.41, 5.74) is 13.9. The first-order valence-electron chi connectivity index (χ1n) is 2.59. The Morgan fingerprint density at radius 1 is 1.70 bits per heavy atom. The average molecular weight is 135 g/mol. The highest BCUT2D eigenvalue weighted by Gasteiger charge is 1.87. The molecule has 1 heterocycles. The number of pyridine rings is 1. The van der Waals surface area contributed by atoms with Gasteiger partial charge >= 0.3 is 0 Å². The third kappa shape index (κ3) is 1.37. The molecule has 2 N–H and O–H groups in total. The Morgan fingerprint density at radius 3 is 3.10 bits per heavy atom. The number of anilines is 1. The van der Waals surface area contributed by atoms with Crippen LogP contribution in [0.4, 0.5) is 11.5 Å².